The molecule has 1 aromatic carbocycles. The minimum atomic E-state index is -0.722. The van der Waals surface area contributed by atoms with Crippen LogP contribution >= 0.6 is 0 Å². The lowest BCUT2D eigenvalue weighted by atomic mass is 9.79. The Morgan fingerprint density at radius 1 is 1.17 bits per heavy atom. The lowest BCUT2D eigenvalue weighted by Crippen LogP contribution is -2.41. The number of methoxy groups -OCH3 is 1. The fourth-order valence-electron chi connectivity index (χ4n) is 5.00. The Kier molecular flexibility index (Phi) is 8.63. The third-order valence-electron chi connectivity index (χ3n) is 6.85. The number of likely N-dealkylation sites (tertiary alicyclic amines) is 1. The monoisotopic (exact) mass is 472 g/mol. The summed E-state index contributed by atoms with van der Waals surface area (Å²) in [7, 11) is 1.68. The van der Waals surface area contributed by atoms with E-state index in [0.717, 1.165) is 55.4 Å². The molecule has 1 aliphatic rings. The quantitative estimate of drug-likeness (QED) is 0.467. The van der Waals surface area contributed by atoms with Gasteiger partial charge in [0.15, 0.2) is 0 Å². The van der Waals surface area contributed by atoms with Gasteiger partial charge in [0.05, 0.1) is 25.4 Å². The first kappa shape index (κ1) is 24.6. The Labute approximate surface area is 206 Å². The molecule has 0 saturated carbocycles. The van der Waals surface area contributed by atoms with Crippen LogP contribution in [0.25, 0.3) is 10.9 Å². The van der Waals surface area contributed by atoms with Gasteiger partial charge in [-0.1, -0.05) is 5.92 Å². The molecular formula is C28H32N4O3. The zero-order valence-corrected chi connectivity index (χ0v) is 20.2. The SMILES string of the molecule is COc1ccc2nccc(CCC[C@@H]3CCN(CC#Cc4cnccn4)C[C@@H]3CCC(=O)O)c2c1. The summed E-state index contributed by atoms with van der Waals surface area (Å²) in [6, 6.07) is 8.11. The Morgan fingerprint density at radius 3 is 2.89 bits per heavy atom. The van der Waals surface area contributed by atoms with E-state index in [4.69, 9.17) is 4.74 Å². The number of carbonyl (C=O) groups is 1. The summed E-state index contributed by atoms with van der Waals surface area (Å²) in [5.74, 6) is 7.29. The molecule has 7 nitrogen and oxygen atoms in total. The smallest absolute Gasteiger partial charge is 0.303 e. The zero-order valence-electron chi connectivity index (χ0n) is 20.2. The number of nitrogens with zero attached hydrogens (tertiary/aromatic N) is 4. The second-order valence-electron chi connectivity index (χ2n) is 9.11. The number of aryl methyl sites for hydroxylation is 1. The van der Waals surface area contributed by atoms with Gasteiger partial charge in [0.25, 0.3) is 0 Å². The number of piperidine rings is 1. The predicted molar refractivity (Wildman–Crippen MR) is 135 cm³/mol. The number of carboxylic acids is 1. The normalized spacial score (nSPS) is 18.1. The second-order valence-corrected chi connectivity index (χ2v) is 9.11. The Bertz CT molecular complexity index is 1190. The molecule has 3 heterocycles. The topological polar surface area (TPSA) is 88.4 Å². The highest BCUT2D eigenvalue weighted by atomic mass is 16.5. The van der Waals surface area contributed by atoms with E-state index in [1.54, 1.807) is 25.7 Å². The number of aliphatic carboxylic acids is 1. The third-order valence-corrected chi connectivity index (χ3v) is 6.85. The first-order chi connectivity index (χ1) is 17.1. The molecule has 0 bridgehead atoms. The van der Waals surface area contributed by atoms with Crippen molar-refractivity contribution in [2.24, 2.45) is 11.8 Å². The van der Waals surface area contributed by atoms with Crippen LogP contribution < -0.4 is 4.74 Å². The molecule has 1 N–H and O–H groups in total. The maximum Gasteiger partial charge on any atom is 0.303 e. The van der Waals surface area contributed by atoms with Crippen LogP contribution in [0.4, 0.5) is 0 Å². The molecule has 35 heavy (non-hydrogen) atoms. The largest absolute Gasteiger partial charge is 0.497 e. The van der Waals surface area contributed by atoms with Gasteiger partial charge in [0, 0.05) is 36.9 Å². The van der Waals surface area contributed by atoms with Gasteiger partial charge in [0.1, 0.15) is 11.4 Å². The van der Waals surface area contributed by atoms with Gasteiger partial charge in [-0.05, 0) is 86.2 Å². The fourth-order valence-corrected chi connectivity index (χ4v) is 5.00. The van der Waals surface area contributed by atoms with Crippen LogP contribution in [0.15, 0.2) is 49.1 Å². The van der Waals surface area contributed by atoms with Gasteiger partial charge in [-0.3, -0.25) is 19.7 Å². The van der Waals surface area contributed by atoms with Crippen LogP contribution in [0, 0.1) is 23.7 Å². The first-order valence-electron chi connectivity index (χ1n) is 12.2. The zero-order chi connectivity index (χ0) is 24.5. The molecule has 0 radical (unpaired) electrons. The summed E-state index contributed by atoms with van der Waals surface area (Å²) >= 11 is 0. The van der Waals surface area contributed by atoms with E-state index < -0.39 is 5.97 Å². The van der Waals surface area contributed by atoms with Crippen molar-refractivity contribution >= 4 is 16.9 Å². The molecule has 1 fully saturated rings. The van der Waals surface area contributed by atoms with Crippen LogP contribution in [0.3, 0.4) is 0 Å². The molecule has 2 atom stereocenters. The predicted octanol–water partition coefficient (Wildman–Crippen LogP) is 4.21. The van der Waals surface area contributed by atoms with Crippen molar-refractivity contribution < 1.29 is 14.6 Å². The van der Waals surface area contributed by atoms with Gasteiger partial charge in [0.2, 0.25) is 0 Å². The van der Waals surface area contributed by atoms with E-state index in [0.29, 0.717) is 30.5 Å². The average Bonchev–Trinajstić information content (AvgIpc) is 2.88. The average molecular weight is 473 g/mol. The Hall–Kier alpha value is -3.50. The van der Waals surface area contributed by atoms with Crippen LogP contribution in [0.5, 0.6) is 5.75 Å². The summed E-state index contributed by atoms with van der Waals surface area (Å²) < 4.78 is 5.40. The molecule has 0 amide bonds. The number of fused-ring (bicyclic) bond motifs is 1. The number of hydrogen-bond donors (Lipinski definition) is 1. The highest BCUT2D eigenvalue weighted by molar-refractivity contribution is 5.83. The van der Waals surface area contributed by atoms with Crippen molar-refractivity contribution in [3.8, 4) is 17.6 Å². The van der Waals surface area contributed by atoms with E-state index in [1.807, 2.05) is 18.3 Å². The van der Waals surface area contributed by atoms with E-state index in [2.05, 4.69) is 43.8 Å². The first-order valence-corrected chi connectivity index (χ1v) is 12.2. The van der Waals surface area contributed by atoms with E-state index in [9.17, 15) is 9.90 Å². The number of ether oxygens (including phenoxy) is 1. The molecule has 1 aliphatic heterocycles. The summed E-state index contributed by atoms with van der Waals surface area (Å²) in [5, 5.41) is 10.4. The van der Waals surface area contributed by atoms with Crippen LogP contribution in [0.1, 0.15) is 43.4 Å². The highest BCUT2D eigenvalue weighted by Crippen LogP contribution is 2.32. The van der Waals surface area contributed by atoms with E-state index >= 15 is 0 Å². The third kappa shape index (κ3) is 7.00. The van der Waals surface area contributed by atoms with Gasteiger partial charge < -0.3 is 9.84 Å². The minimum Gasteiger partial charge on any atom is -0.497 e. The lowest BCUT2D eigenvalue weighted by molar-refractivity contribution is -0.137. The standard InChI is InChI=1S/C28H32N4O3/c1-35-25-8-9-27-26(18-25)22(11-13-31-27)5-2-4-21-12-17-32(20-23(21)7-10-28(33)34)16-3-6-24-19-29-14-15-30-24/h8-9,11,13-15,18-19,21,23H,2,4-5,7,10,12,16-17,20H2,1H3,(H,33,34)/t21-,23+/m1/s1. The summed E-state index contributed by atoms with van der Waals surface area (Å²) in [6.07, 6.45) is 12.0. The number of hydrogen-bond acceptors (Lipinski definition) is 6. The van der Waals surface area contributed by atoms with Gasteiger partial charge in [-0.25, -0.2) is 4.98 Å². The minimum absolute atomic E-state index is 0.217. The van der Waals surface area contributed by atoms with Crippen LogP contribution in [0.2, 0.25) is 0 Å². The molecule has 3 aromatic rings. The summed E-state index contributed by atoms with van der Waals surface area (Å²) in [5.41, 5.74) is 2.94. The molecule has 1 saturated heterocycles. The molecule has 4 rings (SSSR count). The van der Waals surface area contributed by atoms with Crippen molar-refractivity contribution in [2.45, 2.75) is 38.5 Å². The number of carboxylic acid groups (broad SMARTS) is 1. The molecule has 0 unspecified atom stereocenters. The van der Waals surface area contributed by atoms with Crippen molar-refractivity contribution in [3.05, 3.63) is 60.3 Å². The van der Waals surface area contributed by atoms with Gasteiger partial charge in [-0.15, -0.1) is 0 Å². The van der Waals surface area contributed by atoms with Gasteiger partial charge >= 0.3 is 5.97 Å². The van der Waals surface area contributed by atoms with Crippen LogP contribution in [-0.2, 0) is 11.2 Å². The number of rotatable bonds is 9. The molecule has 0 spiro atoms. The fraction of sp³-hybridized carbons (Fsp3) is 0.429. The van der Waals surface area contributed by atoms with Gasteiger partial charge in [-0.2, -0.15) is 0 Å². The number of pyridine rings is 1. The Morgan fingerprint density at radius 2 is 2.09 bits per heavy atom. The van der Waals surface area contributed by atoms with Crippen LogP contribution in [-0.4, -0.2) is 57.7 Å². The lowest BCUT2D eigenvalue weighted by Gasteiger charge is -2.38. The number of benzene rings is 1. The molecule has 182 valence electrons. The van der Waals surface area contributed by atoms with E-state index in [1.165, 1.54) is 5.56 Å². The number of aromatic nitrogens is 3. The summed E-state index contributed by atoms with van der Waals surface area (Å²) in [6.45, 7) is 2.54. The van der Waals surface area contributed by atoms with Crippen molar-refractivity contribution in [1.82, 2.24) is 19.9 Å². The van der Waals surface area contributed by atoms with Crippen molar-refractivity contribution in [3.63, 3.8) is 0 Å². The van der Waals surface area contributed by atoms with Crippen molar-refractivity contribution in [1.29, 1.82) is 0 Å². The summed E-state index contributed by atoms with van der Waals surface area (Å²) in [4.78, 5) is 26.3. The molecule has 2 aromatic heterocycles. The molecule has 0 aliphatic carbocycles. The highest BCUT2D eigenvalue weighted by Gasteiger charge is 2.28. The van der Waals surface area contributed by atoms with E-state index in [-0.39, 0.29) is 6.42 Å². The maximum absolute atomic E-state index is 11.3. The molecular weight excluding hydrogens is 440 g/mol. The second kappa shape index (κ2) is 12.3. The maximum atomic E-state index is 11.3. The van der Waals surface area contributed by atoms with Crippen molar-refractivity contribution in [2.75, 3.05) is 26.7 Å². The molecule has 7 heteroatoms. The Balaban J connectivity index is 1.35.